The summed E-state index contributed by atoms with van der Waals surface area (Å²) in [6.07, 6.45) is 0.468. The number of nitrogens with two attached hydrogens (primary N) is 1. The summed E-state index contributed by atoms with van der Waals surface area (Å²) in [5.41, 5.74) is 4.33. The molecule has 2 aliphatic rings. The first-order valence-electron chi connectivity index (χ1n) is 11.7. The van der Waals surface area contributed by atoms with Gasteiger partial charge >= 0.3 is 19.1 Å². The van der Waals surface area contributed by atoms with Crippen LogP contribution in [0.15, 0.2) is 23.2 Å². The number of halogens is 3. The van der Waals surface area contributed by atoms with Gasteiger partial charge < -0.3 is 36.0 Å². The van der Waals surface area contributed by atoms with Gasteiger partial charge in [-0.25, -0.2) is 36.1 Å². The highest BCUT2D eigenvalue weighted by Gasteiger charge is 2.42. The van der Waals surface area contributed by atoms with Crippen LogP contribution >= 0.6 is 11.6 Å². The van der Waals surface area contributed by atoms with E-state index in [4.69, 9.17) is 22.0 Å². The molecule has 15 nitrogen and oxygen atoms in total. The Balaban J connectivity index is 1.72. The van der Waals surface area contributed by atoms with Crippen molar-refractivity contribution in [3.8, 4) is 17.2 Å². The number of benzene rings is 2. The fraction of sp³-hybridized carbons (Fsp3) is 0.273. The van der Waals surface area contributed by atoms with Gasteiger partial charge in [0.05, 0.1) is 23.8 Å². The quantitative estimate of drug-likeness (QED) is 0.107. The molecule has 1 unspecified atom stereocenters. The van der Waals surface area contributed by atoms with Crippen molar-refractivity contribution in [3.63, 3.8) is 0 Å². The third-order valence-corrected chi connectivity index (χ3v) is 7.84. The summed E-state index contributed by atoms with van der Waals surface area (Å²) in [5, 5.41) is 41.2. The Hall–Kier alpha value is -4.36. The standard InChI is InChI=1S/C22H21BClF2N5O10S/c1-42(39,40)31-5-4-30(22(31)37)21(27)29-16(13-9(24)7-11(32)17(33)15(13)26)19(34)28-12-6-8-2-3-10(25)14(20(35)36)18(8)41-23(12)38/h2-3,7,12,16,32-33,38H,4-6H2,1H3,(H2,27,29)(H,28,34)(H,35,36)/t12-,16?/m0/s1. The van der Waals surface area contributed by atoms with Gasteiger partial charge in [0.2, 0.25) is 21.9 Å². The van der Waals surface area contributed by atoms with Gasteiger partial charge in [-0.3, -0.25) is 9.69 Å². The van der Waals surface area contributed by atoms with Gasteiger partial charge in [-0.2, -0.15) is 0 Å². The molecule has 2 aromatic carbocycles. The van der Waals surface area contributed by atoms with Crippen LogP contribution in [0.4, 0.5) is 13.6 Å². The van der Waals surface area contributed by atoms with Gasteiger partial charge in [-0.05, 0) is 18.1 Å². The largest absolute Gasteiger partial charge is 0.547 e. The second-order valence-electron chi connectivity index (χ2n) is 9.16. The highest BCUT2D eigenvalue weighted by Crippen LogP contribution is 2.40. The lowest BCUT2D eigenvalue weighted by atomic mass is 9.72. The fourth-order valence-electron chi connectivity index (χ4n) is 4.38. The monoisotopic (exact) mass is 631 g/mol. The topological polar surface area (TPSA) is 232 Å². The minimum absolute atomic E-state index is 0.0824. The number of carboxylic acid groups (broad SMARTS) is 1. The predicted octanol–water partition coefficient (Wildman–Crippen LogP) is -0.0798. The van der Waals surface area contributed by atoms with Crippen molar-refractivity contribution in [3.05, 3.63) is 51.5 Å². The van der Waals surface area contributed by atoms with Crippen LogP contribution in [-0.4, -0.2) is 94.2 Å². The van der Waals surface area contributed by atoms with Crippen molar-refractivity contribution >= 4 is 52.6 Å². The minimum Gasteiger partial charge on any atom is -0.534 e. The number of nitrogens with zero attached hydrogens (tertiary/aromatic N) is 3. The summed E-state index contributed by atoms with van der Waals surface area (Å²) < 4.78 is 58.6. The second-order valence-corrected chi connectivity index (χ2v) is 11.5. The van der Waals surface area contributed by atoms with Crippen LogP contribution < -0.4 is 15.7 Å². The number of carbonyl (C=O) groups is 3. The van der Waals surface area contributed by atoms with E-state index < -0.39 is 98.0 Å². The summed E-state index contributed by atoms with van der Waals surface area (Å²) in [6.45, 7) is -0.606. The number of hydrogen-bond acceptors (Lipinski definition) is 10. The average Bonchev–Trinajstić information content (AvgIpc) is 3.29. The molecule has 4 rings (SSSR count). The number of fused-ring (bicyclic) bond motifs is 1. The molecule has 20 heteroatoms. The van der Waals surface area contributed by atoms with Crippen molar-refractivity contribution in [1.29, 1.82) is 0 Å². The van der Waals surface area contributed by atoms with Crippen LogP contribution in [0.3, 0.4) is 0 Å². The van der Waals surface area contributed by atoms with E-state index in [0.717, 1.165) is 18.4 Å². The number of hydrogen-bond donors (Lipinski definition) is 6. The van der Waals surface area contributed by atoms with Gasteiger partial charge in [0, 0.05) is 18.2 Å². The molecule has 1 saturated heterocycles. The van der Waals surface area contributed by atoms with Crippen molar-refractivity contribution in [1.82, 2.24) is 14.5 Å². The normalized spacial score (nSPS) is 18.0. The highest BCUT2D eigenvalue weighted by atomic mass is 35.5. The number of amides is 3. The summed E-state index contributed by atoms with van der Waals surface area (Å²) >= 11 is 6.07. The van der Waals surface area contributed by atoms with Crippen LogP contribution in [0, 0.1) is 11.6 Å². The molecule has 0 bridgehead atoms. The number of phenols is 2. The molecule has 7 N–H and O–H groups in total. The number of sulfonamides is 1. The molecule has 1 fully saturated rings. The van der Waals surface area contributed by atoms with Crippen molar-refractivity contribution in [2.75, 3.05) is 19.3 Å². The highest BCUT2D eigenvalue weighted by molar-refractivity contribution is 7.88. The van der Waals surface area contributed by atoms with Crippen LogP contribution in [0.5, 0.6) is 17.2 Å². The number of rotatable bonds is 6. The number of aromatic carboxylic acids is 1. The molecular formula is C22H21BClF2N5O10S. The van der Waals surface area contributed by atoms with Crippen molar-refractivity contribution < 1.29 is 56.6 Å². The first kappa shape index (κ1) is 30.6. The number of guanidine groups is 1. The summed E-state index contributed by atoms with van der Waals surface area (Å²) in [4.78, 5) is 42.1. The maximum atomic E-state index is 15.1. The van der Waals surface area contributed by atoms with Gasteiger partial charge in [-0.15, -0.1) is 0 Å². The van der Waals surface area contributed by atoms with E-state index in [0.29, 0.717) is 15.3 Å². The van der Waals surface area contributed by atoms with E-state index in [-0.39, 0.29) is 25.1 Å². The first-order valence-corrected chi connectivity index (χ1v) is 14.0. The van der Waals surface area contributed by atoms with Gasteiger partial charge in [0.1, 0.15) is 17.1 Å². The van der Waals surface area contributed by atoms with Crippen LogP contribution in [0.1, 0.15) is 27.5 Å². The van der Waals surface area contributed by atoms with E-state index in [2.05, 4.69) is 10.3 Å². The maximum absolute atomic E-state index is 15.1. The number of aliphatic imine (C=N–C) groups is 1. The molecule has 2 aromatic rings. The van der Waals surface area contributed by atoms with E-state index in [1.165, 1.54) is 0 Å². The van der Waals surface area contributed by atoms with E-state index >= 15 is 4.39 Å². The second kappa shape index (κ2) is 11.1. The van der Waals surface area contributed by atoms with Gasteiger partial charge in [0.25, 0.3) is 0 Å². The van der Waals surface area contributed by atoms with Crippen LogP contribution in [0.2, 0.25) is 5.02 Å². The average molecular weight is 632 g/mol. The van der Waals surface area contributed by atoms with Crippen molar-refractivity contribution in [2.24, 2.45) is 10.7 Å². The minimum atomic E-state index is -3.99. The zero-order valence-electron chi connectivity index (χ0n) is 21.3. The summed E-state index contributed by atoms with van der Waals surface area (Å²) in [5.74, 6) is -10.5. The number of carboxylic acids is 1. The first-order chi connectivity index (χ1) is 19.5. The Labute approximate surface area is 240 Å². The molecule has 3 amide bonds. The number of aromatic hydroxyl groups is 2. The lowest BCUT2D eigenvalue weighted by Crippen LogP contribution is -2.54. The molecule has 42 heavy (non-hydrogen) atoms. The molecule has 2 aliphatic heterocycles. The van der Waals surface area contributed by atoms with Gasteiger partial charge in [0.15, 0.2) is 23.4 Å². The lowest BCUT2D eigenvalue weighted by Gasteiger charge is -2.30. The predicted molar refractivity (Wildman–Crippen MR) is 140 cm³/mol. The van der Waals surface area contributed by atoms with E-state index in [1.807, 2.05) is 0 Å². The molecule has 0 aromatic heterocycles. The van der Waals surface area contributed by atoms with Crippen LogP contribution in [0.25, 0.3) is 0 Å². The summed E-state index contributed by atoms with van der Waals surface area (Å²) in [7, 11) is -5.94. The van der Waals surface area contributed by atoms with E-state index in [9.17, 15) is 47.5 Å². The lowest BCUT2D eigenvalue weighted by molar-refractivity contribution is -0.122. The zero-order chi connectivity index (χ0) is 31.3. The molecule has 0 radical (unpaired) electrons. The number of urea groups is 1. The Bertz CT molecular complexity index is 1650. The number of carbonyl (C=O) groups excluding carboxylic acids is 2. The van der Waals surface area contributed by atoms with Gasteiger partial charge in [-0.1, -0.05) is 17.7 Å². The van der Waals surface area contributed by atoms with Crippen molar-refractivity contribution in [2.45, 2.75) is 18.4 Å². The molecule has 2 atom stereocenters. The van der Waals surface area contributed by atoms with E-state index in [1.54, 1.807) is 0 Å². The Kier molecular flexibility index (Phi) is 8.12. The smallest absolute Gasteiger partial charge is 0.534 e. The Morgan fingerprint density at radius 1 is 1.29 bits per heavy atom. The molecule has 224 valence electrons. The number of phenolic OH excluding ortho intramolecular Hbond substituents is 2. The SMILES string of the molecule is CS(=O)(=O)N1CCN(C(N)=NC(C(=O)N[C@H]2Cc3ccc(F)c(C(=O)O)c3OB2O)c2c(Cl)cc(O)c(O)c2F)C1=O. The molecule has 0 aliphatic carbocycles. The molecule has 0 saturated carbocycles. The third-order valence-electron chi connectivity index (χ3n) is 6.39. The zero-order valence-corrected chi connectivity index (χ0v) is 22.9. The number of nitrogens with one attached hydrogen (secondary N) is 1. The molecular weight excluding hydrogens is 611 g/mol. The summed E-state index contributed by atoms with van der Waals surface area (Å²) in [6, 6.07) is -0.522. The third kappa shape index (κ3) is 5.57. The Morgan fingerprint density at radius 3 is 2.55 bits per heavy atom. The van der Waals surface area contributed by atoms with Crippen LogP contribution in [-0.2, 0) is 21.2 Å². The maximum Gasteiger partial charge on any atom is 0.547 e. The molecule has 2 heterocycles. The molecule has 0 spiro atoms. The Morgan fingerprint density at radius 2 is 1.95 bits per heavy atom. The fourth-order valence-corrected chi connectivity index (χ4v) is 5.46.